The van der Waals surface area contributed by atoms with Crippen LogP contribution in [0.1, 0.15) is 34.3 Å². The fraction of sp³-hybridized carbons (Fsp3) is 0.286. The van der Waals surface area contributed by atoms with E-state index < -0.39 is 23.0 Å². The van der Waals surface area contributed by atoms with E-state index >= 15 is 0 Å². The first kappa shape index (κ1) is 31.1. The van der Waals surface area contributed by atoms with Gasteiger partial charge in [-0.2, -0.15) is 0 Å². The van der Waals surface area contributed by atoms with Gasteiger partial charge in [-0.15, -0.1) is 0 Å². The molecule has 14 heteroatoms. The molecule has 0 unspecified atom stereocenters. The van der Waals surface area contributed by atoms with Gasteiger partial charge in [-0.25, -0.2) is 14.9 Å². The van der Waals surface area contributed by atoms with Crippen LogP contribution in [0.2, 0.25) is 0 Å². The number of hydrogen-bond acceptors (Lipinski definition) is 6. The van der Waals surface area contributed by atoms with Gasteiger partial charge in [0.2, 0.25) is 5.91 Å². The molecule has 1 atom stereocenters. The summed E-state index contributed by atoms with van der Waals surface area (Å²) in [6, 6.07) is 16.7. The van der Waals surface area contributed by atoms with E-state index in [1.54, 1.807) is 31.4 Å². The predicted octanol–water partition coefficient (Wildman–Crippen LogP) is 1.35. The molecule has 0 heterocycles. The van der Waals surface area contributed by atoms with Gasteiger partial charge in [-0.05, 0) is 65.4 Å². The highest BCUT2D eigenvalue weighted by Gasteiger charge is 2.21. The summed E-state index contributed by atoms with van der Waals surface area (Å²) in [4.78, 5) is 47.6. The zero-order valence-corrected chi connectivity index (χ0v) is 23.1. The van der Waals surface area contributed by atoms with E-state index in [-0.39, 0.29) is 24.8 Å². The summed E-state index contributed by atoms with van der Waals surface area (Å²) < 4.78 is 5.25. The van der Waals surface area contributed by atoms with E-state index in [1.165, 1.54) is 0 Å². The van der Waals surface area contributed by atoms with E-state index in [2.05, 4.69) is 26.4 Å². The molecule has 0 bridgehead atoms. The Morgan fingerprint density at radius 2 is 1.62 bits per heavy atom. The molecule has 14 nitrogen and oxygen atoms in total. The summed E-state index contributed by atoms with van der Waals surface area (Å²) in [7, 11) is 1.58. The second-order valence-corrected chi connectivity index (χ2v) is 9.32. The van der Waals surface area contributed by atoms with Crippen LogP contribution >= 0.6 is 0 Å². The van der Waals surface area contributed by atoms with Crippen molar-refractivity contribution in [1.29, 1.82) is 0 Å². The van der Waals surface area contributed by atoms with Crippen LogP contribution in [0.4, 0.5) is 4.79 Å². The van der Waals surface area contributed by atoms with Crippen LogP contribution in [0.15, 0.2) is 65.8 Å². The number of nitrogens with one attached hydrogen (secondary N) is 4. The number of amides is 4. The Kier molecular flexibility index (Phi) is 11.4. The van der Waals surface area contributed by atoms with Gasteiger partial charge in [-0.3, -0.25) is 9.59 Å². The lowest BCUT2D eigenvalue weighted by molar-refractivity contribution is -0.485. The molecular formula is C28H34N8O6. The minimum Gasteiger partial charge on any atom is -0.497 e. The Morgan fingerprint density at radius 3 is 2.31 bits per heavy atom. The molecule has 3 aromatic rings. The number of carbonyl (C=O) groups is 3. The third-order valence-electron chi connectivity index (χ3n) is 6.30. The lowest BCUT2D eigenvalue weighted by Gasteiger charge is -2.19. The number of hydrazone groups is 1. The maximum Gasteiger partial charge on any atom is 0.312 e. The zero-order valence-electron chi connectivity index (χ0n) is 23.1. The molecule has 0 radical (unpaired) electrons. The molecule has 222 valence electrons. The second-order valence-electron chi connectivity index (χ2n) is 9.32. The molecule has 8 N–H and O–H groups in total. The number of guanidine groups is 1. The Hall–Kier alpha value is -5.40. The van der Waals surface area contributed by atoms with Gasteiger partial charge >= 0.3 is 6.03 Å². The SMILES string of the molecule is COc1ccc2cc(C(=O)N[C@H](CCCNC(N)=N[N+](=O)[O-])C(=O)NCCc3ccc(CNC(N)=O)cc3)ccc2c1. The van der Waals surface area contributed by atoms with Crippen molar-refractivity contribution in [3.8, 4) is 5.75 Å². The molecular weight excluding hydrogens is 544 g/mol. The Morgan fingerprint density at radius 1 is 0.929 bits per heavy atom. The van der Waals surface area contributed by atoms with Crippen LogP contribution in [0.3, 0.4) is 0 Å². The molecule has 0 aliphatic carbocycles. The van der Waals surface area contributed by atoms with Crippen molar-refractivity contribution in [3.05, 3.63) is 87.5 Å². The summed E-state index contributed by atoms with van der Waals surface area (Å²) in [6.45, 7) is 0.845. The fourth-order valence-corrected chi connectivity index (χ4v) is 4.11. The van der Waals surface area contributed by atoms with Crippen molar-refractivity contribution in [1.82, 2.24) is 21.3 Å². The number of urea groups is 1. The number of nitrogens with two attached hydrogens (primary N) is 2. The smallest absolute Gasteiger partial charge is 0.312 e. The van der Waals surface area contributed by atoms with Crippen LogP contribution in [0.5, 0.6) is 5.75 Å². The lowest BCUT2D eigenvalue weighted by atomic mass is 10.0. The van der Waals surface area contributed by atoms with Crippen molar-refractivity contribution >= 4 is 34.6 Å². The molecule has 0 aromatic heterocycles. The highest BCUT2D eigenvalue weighted by atomic mass is 16.7. The van der Waals surface area contributed by atoms with E-state index in [9.17, 15) is 24.5 Å². The zero-order chi connectivity index (χ0) is 30.5. The summed E-state index contributed by atoms with van der Waals surface area (Å²) in [6.07, 6.45) is 1.15. The summed E-state index contributed by atoms with van der Waals surface area (Å²) >= 11 is 0. The van der Waals surface area contributed by atoms with Crippen LogP contribution in [-0.2, 0) is 17.8 Å². The highest BCUT2D eigenvalue weighted by Crippen LogP contribution is 2.22. The first-order chi connectivity index (χ1) is 20.1. The van der Waals surface area contributed by atoms with Crippen LogP contribution < -0.4 is 37.5 Å². The normalized spacial score (nSPS) is 11.8. The molecule has 3 rings (SSSR count). The Balaban J connectivity index is 1.62. The Labute approximate surface area is 242 Å². The summed E-state index contributed by atoms with van der Waals surface area (Å²) in [5, 5.41) is 25.0. The number of methoxy groups -OCH3 is 1. The molecule has 42 heavy (non-hydrogen) atoms. The number of nitrogens with zero attached hydrogens (tertiary/aromatic N) is 2. The largest absolute Gasteiger partial charge is 0.497 e. The van der Waals surface area contributed by atoms with Crippen LogP contribution in [0, 0.1) is 10.1 Å². The number of benzene rings is 3. The average molecular weight is 579 g/mol. The van der Waals surface area contributed by atoms with Crippen molar-refractivity contribution < 1.29 is 24.2 Å². The quantitative estimate of drug-likeness (QED) is 0.0538. The van der Waals surface area contributed by atoms with Gasteiger partial charge in [0.15, 0.2) is 5.03 Å². The van der Waals surface area contributed by atoms with Crippen molar-refractivity contribution in [2.45, 2.75) is 31.8 Å². The third kappa shape index (κ3) is 9.97. The van der Waals surface area contributed by atoms with E-state index in [0.717, 1.165) is 21.9 Å². The second kappa shape index (κ2) is 15.4. The maximum atomic E-state index is 13.1. The number of nitro groups is 1. The number of fused-ring (bicyclic) bond motifs is 1. The molecule has 0 aliphatic heterocycles. The molecule has 0 saturated heterocycles. The summed E-state index contributed by atoms with van der Waals surface area (Å²) in [5.74, 6) is -0.447. The fourth-order valence-electron chi connectivity index (χ4n) is 4.11. The van der Waals surface area contributed by atoms with Crippen LogP contribution in [-0.4, -0.2) is 55.1 Å². The number of hydrogen-bond donors (Lipinski definition) is 6. The minimum atomic E-state index is -0.913. The van der Waals surface area contributed by atoms with Gasteiger partial charge in [0.25, 0.3) is 11.9 Å². The molecule has 0 spiro atoms. The van der Waals surface area contributed by atoms with Crippen LogP contribution in [0.25, 0.3) is 10.8 Å². The molecule has 0 fully saturated rings. The number of rotatable bonds is 14. The van der Waals surface area contributed by atoms with E-state index in [0.29, 0.717) is 37.2 Å². The average Bonchev–Trinajstić information content (AvgIpc) is 2.97. The highest BCUT2D eigenvalue weighted by molar-refractivity contribution is 6.00. The maximum absolute atomic E-state index is 13.1. The predicted molar refractivity (Wildman–Crippen MR) is 157 cm³/mol. The van der Waals surface area contributed by atoms with Crippen molar-refractivity contribution in [3.63, 3.8) is 0 Å². The molecule has 0 saturated carbocycles. The molecule has 3 aromatic carbocycles. The number of ether oxygens (including phenoxy) is 1. The van der Waals surface area contributed by atoms with Crippen molar-refractivity contribution in [2.24, 2.45) is 16.6 Å². The first-order valence-electron chi connectivity index (χ1n) is 13.1. The molecule has 0 aliphatic rings. The minimum absolute atomic E-state index is 0.206. The van der Waals surface area contributed by atoms with Crippen molar-refractivity contribution in [2.75, 3.05) is 20.2 Å². The third-order valence-corrected chi connectivity index (χ3v) is 6.30. The van der Waals surface area contributed by atoms with E-state index in [1.807, 2.05) is 36.4 Å². The summed E-state index contributed by atoms with van der Waals surface area (Å²) in [5.41, 5.74) is 12.8. The van der Waals surface area contributed by atoms with Gasteiger partial charge in [-0.1, -0.05) is 36.4 Å². The monoisotopic (exact) mass is 578 g/mol. The number of primary amides is 1. The number of carbonyl (C=O) groups excluding carboxylic acids is 3. The van der Waals surface area contributed by atoms with Gasteiger partial charge in [0.05, 0.1) is 7.11 Å². The standard InChI is InChI=1S/C28H34N8O6/c1-42-23-11-10-20-15-22(9-8-21(20)16-23)25(37)34-24(3-2-13-32-27(29)35-36(40)41)26(38)31-14-12-18-4-6-19(7-5-18)17-33-28(30)39/h4-11,15-16,24H,2-3,12-14,17H2,1H3,(H,31,38)(H,34,37)(H3,29,32,35)(H3,30,33,39)/t24-/m1/s1. The van der Waals surface area contributed by atoms with Gasteiger partial charge in [0.1, 0.15) is 16.9 Å². The topological polar surface area (TPSA) is 216 Å². The van der Waals surface area contributed by atoms with Gasteiger partial charge < -0.3 is 37.5 Å². The molecule has 4 amide bonds. The first-order valence-corrected chi connectivity index (χ1v) is 13.1. The van der Waals surface area contributed by atoms with Gasteiger partial charge in [0, 0.05) is 25.2 Å². The Bertz CT molecular complexity index is 1440. The lowest BCUT2D eigenvalue weighted by Crippen LogP contribution is -2.47. The van der Waals surface area contributed by atoms with E-state index in [4.69, 9.17) is 16.2 Å².